The van der Waals surface area contributed by atoms with Crippen LogP contribution >= 0.6 is 0 Å². The molecule has 35 heavy (non-hydrogen) atoms. The summed E-state index contributed by atoms with van der Waals surface area (Å²) in [5.41, 5.74) is 12.8. The van der Waals surface area contributed by atoms with E-state index >= 15 is 4.39 Å². The maximum absolute atomic E-state index is 15.4. The van der Waals surface area contributed by atoms with E-state index in [2.05, 4.69) is 17.4 Å². The summed E-state index contributed by atoms with van der Waals surface area (Å²) in [5, 5.41) is 0. The van der Waals surface area contributed by atoms with Crippen molar-refractivity contribution in [3.05, 3.63) is 78.8 Å². The number of hydrogen-bond donors (Lipinski definition) is 3. The van der Waals surface area contributed by atoms with Gasteiger partial charge in [-0.05, 0) is 48.8 Å². The van der Waals surface area contributed by atoms with E-state index in [0.29, 0.717) is 35.7 Å². The average molecular weight is 478 g/mol. The fraction of sp³-hybridized carbons (Fsp3) is 0.308. The quantitative estimate of drug-likeness (QED) is 0.572. The number of ether oxygens (including phenoxy) is 1. The second kappa shape index (κ2) is 9.52. The zero-order chi connectivity index (χ0) is 24.5. The Morgan fingerprint density at radius 2 is 2.00 bits per heavy atom. The molecule has 0 saturated carbocycles. The monoisotopic (exact) mass is 477 g/mol. The Labute approximate surface area is 203 Å². The zero-order valence-electron chi connectivity index (χ0n) is 19.2. The molecule has 2 aromatic rings. The first-order valence-corrected chi connectivity index (χ1v) is 11.7. The second-order valence-corrected chi connectivity index (χ2v) is 9.00. The molecule has 4 atom stereocenters. The highest BCUT2D eigenvalue weighted by atomic mass is 19.1. The van der Waals surface area contributed by atoms with Crippen molar-refractivity contribution in [1.29, 1.82) is 0 Å². The number of carbonyl (C=O) groups excluding carboxylic acids is 2. The highest BCUT2D eigenvalue weighted by Gasteiger charge is 2.49. The van der Waals surface area contributed by atoms with Gasteiger partial charge < -0.3 is 20.3 Å². The molecule has 0 spiro atoms. The van der Waals surface area contributed by atoms with Crippen molar-refractivity contribution in [3.63, 3.8) is 0 Å². The summed E-state index contributed by atoms with van der Waals surface area (Å²) < 4.78 is 21.2. The van der Waals surface area contributed by atoms with E-state index < -0.39 is 23.9 Å². The van der Waals surface area contributed by atoms with Crippen molar-refractivity contribution in [2.45, 2.75) is 31.1 Å². The minimum absolute atomic E-state index is 0.0996. The Morgan fingerprint density at radius 1 is 1.20 bits per heavy atom. The molecule has 2 saturated heterocycles. The van der Waals surface area contributed by atoms with E-state index in [1.807, 2.05) is 29.3 Å². The van der Waals surface area contributed by atoms with Gasteiger partial charge in [0.15, 0.2) is 0 Å². The molecule has 8 nitrogen and oxygen atoms in total. The fourth-order valence-electron chi connectivity index (χ4n) is 5.22. The van der Waals surface area contributed by atoms with Gasteiger partial charge in [0.2, 0.25) is 5.91 Å². The third-order valence-corrected chi connectivity index (χ3v) is 6.86. The van der Waals surface area contributed by atoms with Crippen molar-refractivity contribution in [3.8, 4) is 11.5 Å². The number of rotatable bonds is 5. The predicted octanol–water partition coefficient (Wildman–Crippen LogP) is 2.36. The molecule has 2 fully saturated rings. The van der Waals surface area contributed by atoms with Gasteiger partial charge in [0, 0.05) is 42.9 Å². The standard InChI is InChI=1S/C26H28FN5O3/c1-2-22(33)31-12-6-7-16(14-31)32-15-20(23-24(32)26(34)30-29-25(23)28)19-11-10-18(13-21(19)27)35-17-8-4-3-5-9-17/h2-5,8-11,13,15-16,23-25,29H,1,6-7,12,14,28H2,(H,30,34)/t16-,23?,24?,25?/m1/s1. The number of carbonyl (C=O) groups is 2. The van der Waals surface area contributed by atoms with E-state index in [-0.39, 0.29) is 17.9 Å². The fourth-order valence-corrected chi connectivity index (χ4v) is 5.22. The van der Waals surface area contributed by atoms with Gasteiger partial charge >= 0.3 is 0 Å². The van der Waals surface area contributed by atoms with Crippen molar-refractivity contribution in [2.75, 3.05) is 13.1 Å². The third kappa shape index (κ3) is 4.40. The number of nitrogens with two attached hydrogens (primary N) is 1. The number of amides is 2. The Balaban J connectivity index is 1.47. The van der Waals surface area contributed by atoms with Crippen LogP contribution in [0.5, 0.6) is 11.5 Å². The summed E-state index contributed by atoms with van der Waals surface area (Å²) in [6, 6.07) is 13.2. The first-order chi connectivity index (χ1) is 17.0. The van der Waals surface area contributed by atoms with Crippen molar-refractivity contribution >= 4 is 17.4 Å². The highest BCUT2D eigenvalue weighted by molar-refractivity contribution is 5.89. The molecule has 0 bridgehead atoms. The lowest BCUT2D eigenvalue weighted by molar-refractivity contribution is -0.132. The lowest BCUT2D eigenvalue weighted by Crippen LogP contribution is -2.67. The number of piperidine rings is 1. The van der Waals surface area contributed by atoms with Crippen LogP contribution in [0.25, 0.3) is 5.57 Å². The van der Waals surface area contributed by atoms with Crippen LogP contribution < -0.4 is 21.3 Å². The van der Waals surface area contributed by atoms with Crippen LogP contribution in [0.15, 0.2) is 67.4 Å². The van der Waals surface area contributed by atoms with Crippen LogP contribution in [0.3, 0.4) is 0 Å². The van der Waals surface area contributed by atoms with Gasteiger partial charge in [0.05, 0.1) is 6.17 Å². The smallest absolute Gasteiger partial charge is 0.257 e. The van der Waals surface area contributed by atoms with Crippen molar-refractivity contribution in [2.24, 2.45) is 11.7 Å². The predicted molar refractivity (Wildman–Crippen MR) is 129 cm³/mol. The maximum Gasteiger partial charge on any atom is 0.257 e. The van der Waals surface area contributed by atoms with Crippen LogP contribution in [0.1, 0.15) is 18.4 Å². The van der Waals surface area contributed by atoms with Gasteiger partial charge in [0.1, 0.15) is 23.4 Å². The molecule has 3 heterocycles. The number of nitrogens with one attached hydrogen (secondary N) is 2. The summed E-state index contributed by atoms with van der Waals surface area (Å²) in [5.74, 6) is -0.322. The molecule has 0 radical (unpaired) electrons. The number of halogens is 1. The Kier molecular flexibility index (Phi) is 6.27. The number of nitrogens with zero attached hydrogens (tertiary/aromatic N) is 2. The molecule has 3 aliphatic heterocycles. The van der Waals surface area contributed by atoms with Gasteiger partial charge in [-0.25, -0.2) is 9.82 Å². The topological polar surface area (TPSA) is 99.9 Å². The number of benzene rings is 2. The molecule has 2 amide bonds. The summed E-state index contributed by atoms with van der Waals surface area (Å²) in [6.45, 7) is 4.69. The number of hydrogen-bond acceptors (Lipinski definition) is 6. The van der Waals surface area contributed by atoms with Gasteiger partial charge in [-0.1, -0.05) is 24.8 Å². The summed E-state index contributed by atoms with van der Waals surface area (Å²) >= 11 is 0. The summed E-state index contributed by atoms with van der Waals surface area (Å²) in [6.07, 6.45) is 4.13. The average Bonchev–Trinajstić information content (AvgIpc) is 3.28. The molecular formula is C26H28FN5O3. The molecule has 4 N–H and O–H groups in total. The largest absolute Gasteiger partial charge is 0.457 e. The summed E-state index contributed by atoms with van der Waals surface area (Å²) in [4.78, 5) is 28.9. The molecule has 9 heteroatoms. The van der Waals surface area contributed by atoms with Crippen molar-refractivity contribution < 1.29 is 18.7 Å². The third-order valence-electron chi connectivity index (χ3n) is 6.86. The zero-order valence-corrected chi connectivity index (χ0v) is 19.2. The van der Waals surface area contributed by atoms with Crippen molar-refractivity contribution in [1.82, 2.24) is 20.7 Å². The number of fused-ring (bicyclic) bond motifs is 1. The van der Waals surface area contributed by atoms with Gasteiger partial charge in [0.25, 0.3) is 5.91 Å². The van der Waals surface area contributed by atoms with E-state index in [0.717, 1.165) is 12.8 Å². The van der Waals surface area contributed by atoms with E-state index in [1.165, 1.54) is 12.1 Å². The summed E-state index contributed by atoms with van der Waals surface area (Å²) in [7, 11) is 0. The minimum Gasteiger partial charge on any atom is -0.457 e. The van der Waals surface area contributed by atoms with Crippen LogP contribution in [-0.2, 0) is 9.59 Å². The molecule has 5 rings (SSSR count). The molecule has 3 aliphatic rings. The SMILES string of the molecule is C=CC(=O)N1CCC[C@@H](N2C=C(c3ccc(Oc4ccccc4)cc3F)C3C(N)NNC(=O)C32)C1. The van der Waals surface area contributed by atoms with Gasteiger partial charge in [-0.2, -0.15) is 0 Å². The first-order valence-electron chi connectivity index (χ1n) is 11.7. The molecular weight excluding hydrogens is 449 g/mol. The molecule has 2 aromatic carbocycles. The number of hydrazine groups is 1. The lowest BCUT2D eigenvalue weighted by atomic mass is 9.85. The second-order valence-electron chi connectivity index (χ2n) is 9.00. The normalized spacial score (nSPS) is 26.0. The van der Waals surface area contributed by atoms with Crippen LogP contribution in [-0.4, -0.2) is 53.0 Å². The molecule has 3 unspecified atom stereocenters. The van der Waals surface area contributed by atoms with Crippen LogP contribution in [0.2, 0.25) is 0 Å². The number of likely N-dealkylation sites (tertiary alicyclic amines) is 1. The van der Waals surface area contributed by atoms with Gasteiger partial charge in [-0.3, -0.25) is 15.0 Å². The maximum atomic E-state index is 15.4. The van der Waals surface area contributed by atoms with E-state index in [1.54, 1.807) is 29.2 Å². The molecule has 0 aromatic heterocycles. The van der Waals surface area contributed by atoms with Gasteiger partial charge in [-0.15, -0.1) is 0 Å². The van der Waals surface area contributed by atoms with E-state index in [9.17, 15) is 9.59 Å². The minimum atomic E-state index is -0.608. The lowest BCUT2D eigenvalue weighted by Gasteiger charge is -2.43. The van der Waals surface area contributed by atoms with Crippen LogP contribution in [0, 0.1) is 11.7 Å². The first kappa shape index (κ1) is 23.1. The molecule has 0 aliphatic carbocycles. The molecule has 182 valence electrons. The Hall–Kier alpha value is -3.69. The van der Waals surface area contributed by atoms with Crippen LogP contribution in [0.4, 0.5) is 4.39 Å². The highest BCUT2D eigenvalue weighted by Crippen LogP contribution is 2.41. The Morgan fingerprint density at radius 3 is 2.74 bits per heavy atom. The number of para-hydroxylation sites is 1. The Bertz CT molecular complexity index is 1170. The van der Waals surface area contributed by atoms with E-state index in [4.69, 9.17) is 10.5 Å².